The molecule has 1 unspecified atom stereocenters. The smallest absolute Gasteiger partial charge is 0.377 e. The van der Waals surface area contributed by atoms with Gasteiger partial charge in [-0.25, -0.2) is 9.97 Å². The molecule has 3 aromatic rings. The number of aryl methyl sites for hydroxylation is 1. The van der Waals surface area contributed by atoms with Crippen LogP contribution in [0.5, 0.6) is 0 Å². The number of benzene rings is 1. The van der Waals surface area contributed by atoms with Crippen molar-refractivity contribution in [3.05, 3.63) is 34.6 Å². The van der Waals surface area contributed by atoms with Gasteiger partial charge in [-0.15, -0.1) is 0 Å². The summed E-state index contributed by atoms with van der Waals surface area (Å²) in [5.74, 6) is 0.206. The minimum atomic E-state index is -4.57. The van der Waals surface area contributed by atoms with E-state index in [9.17, 15) is 13.2 Å². The highest BCUT2D eigenvalue weighted by molar-refractivity contribution is 9.10. The number of piperidine rings is 1. The summed E-state index contributed by atoms with van der Waals surface area (Å²) >= 11 is 3.62. The number of nitrogens with zero attached hydrogens (tertiary/aromatic N) is 4. The van der Waals surface area contributed by atoms with Crippen LogP contribution in [0.4, 0.5) is 24.8 Å². The van der Waals surface area contributed by atoms with Gasteiger partial charge in [0.25, 0.3) is 0 Å². The number of hydrogen-bond donors (Lipinski definition) is 2. The van der Waals surface area contributed by atoms with Crippen molar-refractivity contribution in [3.63, 3.8) is 0 Å². The first-order valence-corrected chi connectivity index (χ1v) is 10.8. The zero-order chi connectivity index (χ0) is 22.3. The number of halogens is 4. The molecule has 10 heteroatoms. The molecule has 0 amide bonds. The van der Waals surface area contributed by atoms with E-state index in [0.29, 0.717) is 10.9 Å². The van der Waals surface area contributed by atoms with Gasteiger partial charge in [0.05, 0.1) is 21.4 Å². The highest BCUT2D eigenvalue weighted by atomic mass is 79.9. The molecule has 2 N–H and O–H groups in total. The van der Waals surface area contributed by atoms with E-state index < -0.39 is 11.7 Å². The monoisotopic (exact) mass is 496 g/mol. The Morgan fingerprint density at radius 2 is 2.06 bits per heavy atom. The van der Waals surface area contributed by atoms with Crippen molar-refractivity contribution in [1.29, 1.82) is 0 Å². The average Bonchev–Trinajstić information content (AvgIpc) is 3.05. The van der Waals surface area contributed by atoms with Gasteiger partial charge in [0.15, 0.2) is 0 Å². The molecule has 6 nitrogen and oxygen atoms in total. The van der Waals surface area contributed by atoms with Crippen molar-refractivity contribution in [2.24, 2.45) is 7.05 Å². The quantitative estimate of drug-likeness (QED) is 0.550. The molecule has 1 fully saturated rings. The maximum atomic E-state index is 13.8. The first-order valence-electron chi connectivity index (χ1n) is 10.0. The van der Waals surface area contributed by atoms with E-state index in [1.54, 1.807) is 6.20 Å². The van der Waals surface area contributed by atoms with Crippen LogP contribution in [0.25, 0.3) is 22.2 Å². The van der Waals surface area contributed by atoms with E-state index in [2.05, 4.69) is 36.5 Å². The van der Waals surface area contributed by atoms with Crippen molar-refractivity contribution < 1.29 is 13.2 Å². The standard InChI is InChI=1S/C21H24BrF3N6/c1-30(2)16-7-6-13-14(11-31(3)19(13)17(16)22)18-15(21(23,24)25)10-27-20(29-18)28-12-5-4-8-26-9-12/h6-7,10-12,26H,4-5,8-9H2,1-3H3,(H,27,28,29). The first-order chi connectivity index (χ1) is 14.7. The van der Waals surface area contributed by atoms with Crippen LogP contribution in [-0.2, 0) is 13.2 Å². The minimum absolute atomic E-state index is 0.0858. The van der Waals surface area contributed by atoms with Gasteiger partial charge in [0, 0.05) is 57.1 Å². The van der Waals surface area contributed by atoms with E-state index in [4.69, 9.17) is 0 Å². The second-order valence-electron chi connectivity index (χ2n) is 7.98. The molecule has 3 heterocycles. The Bertz CT molecular complexity index is 1100. The van der Waals surface area contributed by atoms with Crippen molar-refractivity contribution in [3.8, 4) is 11.3 Å². The Morgan fingerprint density at radius 1 is 1.29 bits per heavy atom. The molecular weight excluding hydrogens is 473 g/mol. The summed E-state index contributed by atoms with van der Waals surface area (Å²) in [6.07, 6.45) is -0.0808. The summed E-state index contributed by atoms with van der Waals surface area (Å²) in [5, 5.41) is 7.15. The number of nitrogens with one attached hydrogen (secondary N) is 2. The Labute approximate surface area is 187 Å². The van der Waals surface area contributed by atoms with Crippen LogP contribution in [0.3, 0.4) is 0 Å². The van der Waals surface area contributed by atoms with Gasteiger partial charge >= 0.3 is 6.18 Å². The zero-order valence-corrected chi connectivity index (χ0v) is 19.1. The summed E-state index contributed by atoms with van der Waals surface area (Å²) in [5.41, 5.74) is 1.19. The van der Waals surface area contributed by atoms with Gasteiger partial charge in [-0.3, -0.25) is 0 Å². The molecule has 0 aliphatic carbocycles. The molecule has 1 aliphatic heterocycles. The predicted molar refractivity (Wildman–Crippen MR) is 120 cm³/mol. The van der Waals surface area contributed by atoms with Crippen LogP contribution < -0.4 is 15.5 Å². The van der Waals surface area contributed by atoms with E-state index in [-0.39, 0.29) is 17.7 Å². The Morgan fingerprint density at radius 3 is 2.71 bits per heavy atom. The maximum Gasteiger partial charge on any atom is 0.419 e. The topological polar surface area (TPSA) is 58.0 Å². The Balaban J connectivity index is 1.86. The number of anilines is 2. The Hall–Kier alpha value is -2.33. The second kappa shape index (κ2) is 8.31. The molecule has 1 aromatic carbocycles. The number of rotatable bonds is 4. The first kappa shape index (κ1) is 21.9. The SMILES string of the molecule is CN(C)c1ccc2c(-c3nc(NC4CCCNC4)ncc3C(F)(F)F)cn(C)c2c1Br. The van der Waals surface area contributed by atoms with Crippen LogP contribution in [0.1, 0.15) is 18.4 Å². The fraction of sp³-hybridized carbons (Fsp3) is 0.429. The van der Waals surface area contributed by atoms with Crippen LogP contribution >= 0.6 is 15.9 Å². The fourth-order valence-corrected chi connectivity index (χ4v) is 4.98. The largest absolute Gasteiger partial charge is 0.419 e. The number of hydrogen-bond acceptors (Lipinski definition) is 5. The lowest BCUT2D eigenvalue weighted by Gasteiger charge is -2.24. The second-order valence-corrected chi connectivity index (χ2v) is 8.78. The van der Waals surface area contributed by atoms with Gasteiger partial charge in [-0.2, -0.15) is 13.2 Å². The van der Waals surface area contributed by atoms with E-state index in [1.807, 2.05) is 42.7 Å². The summed E-state index contributed by atoms with van der Waals surface area (Å²) in [6.45, 7) is 1.67. The van der Waals surface area contributed by atoms with Gasteiger partial charge in [0.1, 0.15) is 5.56 Å². The molecule has 1 atom stereocenters. The van der Waals surface area contributed by atoms with Crippen molar-refractivity contribution >= 4 is 38.5 Å². The van der Waals surface area contributed by atoms with Crippen molar-refractivity contribution in [1.82, 2.24) is 19.9 Å². The third kappa shape index (κ3) is 4.23. The zero-order valence-electron chi connectivity index (χ0n) is 17.5. The molecule has 1 aliphatic rings. The highest BCUT2D eigenvalue weighted by Crippen LogP contribution is 2.42. The third-order valence-corrected chi connectivity index (χ3v) is 6.30. The lowest BCUT2D eigenvalue weighted by Crippen LogP contribution is -2.38. The normalized spacial score (nSPS) is 17.2. The van der Waals surface area contributed by atoms with E-state index in [0.717, 1.165) is 47.8 Å². The molecule has 0 saturated carbocycles. The molecule has 0 radical (unpaired) electrons. The summed E-state index contributed by atoms with van der Waals surface area (Å²) in [7, 11) is 5.65. The molecule has 2 aromatic heterocycles. The van der Waals surface area contributed by atoms with Crippen molar-refractivity contribution in [2.45, 2.75) is 25.1 Å². The maximum absolute atomic E-state index is 13.8. The summed E-state index contributed by atoms with van der Waals surface area (Å²) < 4.78 is 44.2. The van der Waals surface area contributed by atoms with E-state index in [1.165, 1.54) is 0 Å². The third-order valence-electron chi connectivity index (χ3n) is 5.52. The number of alkyl halides is 3. The van der Waals surface area contributed by atoms with Gasteiger partial charge < -0.3 is 20.1 Å². The lowest BCUT2D eigenvalue weighted by atomic mass is 10.1. The minimum Gasteiger partial charge on any atom is -0.377 e. The van der Waals surface area contributed by atoms with Crippen LogP contribution in [0.15, 0.2) is 29.0 Å². The molecule has 0 bridgehead atoms. The molecule has 1 saturated heterocycles. The molecule has 31 heavy (non-hydrogen) atoms. The number of fused-ring (bicyclic) bond motifs is 1. The van der Waals surface area contributed by atoms with Gasteiger partial charge in [-0.1, -0.05) is 6.07 Å². The number of aromatic nitrogens is 3. The van der Waals surface area contributed by atoms with Crippen LogP contribution in [0.2, 0.25) is 0 Å². The van der Waals surface area contributed by atoms with E-state index >= 15 is 0 Å². The average molecular weight is 497 g/mol. The molecular formula is C21H24BrF3N6. The summed E-state index contributed by atoms with van der Waals surface area (Å²) in [6, 6.07) is 3.81. The lowest BCUT2D eigenvalue weighted by molar-refractivity contribution is -0.137. The molecule has 166 valence electrons. The highest BCUT2D eigenvalue weighted by Gasteiger charge is 2.36. The van der Waals surface area contributed by atoms with Crippen LogP contribution in [0, 0.1) is 0 Å². The Kier molecular flexibility index (Phi) is 5.87. The predicted octanol–water partition coefficient (Wildman–Crippen LogP) is 4.65. The van der Waals surface area contributed by atoms with Crippen molar-refractivity contribution in [2.75, 3.05) is 37.4 Å². The van der Waals surface area contributed by atoms with Gasteiger partial charge in [-0.05, 0) is 41.4 Å². The molecule has 0 spiro atoms. The van der Waals surface area contributed by atoms with Gasteiger partial charge in [0.2, 0.25) is 5.95 Å². The fourth-order valence-electron chi connectivity index (χ4n) is 4.00. The van der Waals surface area contributed by atoms with Crippen LogP contribution in [-0.4, -0.2) is 47.8 Å². The summed E-state index contributed by atoms with van der Waals surface area (Å²) in [4.78, 5) is 10.3. The molecule has 4 rings (SSSR count).